The standard InChI is InChI=1S/C27H41NO5.2H2O.O.Ti/c1-21(2)14-12-10-8-6-4-3-5-7-9-11-13-15-24(27(32)33-25(30)20-29)26(31)22-16-18-23(28)19-17-22;;;;/h16-21,24H,3-15,28H2,1-2H3;2*1H2;;/q;;;;+2/p-2. The van der Waals surface area contributed by atoms with E-state index in [9.17, 15) is 19.2 Å². The number of ether oxygens (including phenoxy) is 1. The summed E-state index contributed by atoms with van der Waals surface area (Å²) in [6.45, 7) is 4.55. The van der Waals surface area contributed by atoms with Crippen LogP contribution in [0.5, 0.6) is 0 Å². The molecule has 0 aliphatic heterocycles. The molecule has 0 aliphatic rings. The molecule has 1 aromatic rings. The Morgan fingerprint density at radius 2 is 1.24 bits per heavy atom. The van der Waals surface area contributed by atoms with Gasteiger partial charge in [0.25, 0.3) is 0 Å². The first-order chi connectivity index (χ1) is 17.6. The van der Waals surface area contributed by atoms with Crippen molar-refractivity contribution in [2.75, 3.05) is 5.73 Å². The van der Waals surface area contributed by atoms with Crippen LogP contribution < -0.4 is 5.73 Å². The van der Waals surface area contributed by atoms with Crippen molar-refractivity contribution in [3.05, 3.63) is 29.8 Å². The summed E-state index contributed by atoms with van der Waals surface area (Å²) in [5, 5.41) is 0. The number of benzene rings is 1. The Kier molecular flexibility index (Phi) is 20.7. The number of aldehydes is 1. The first-order valence-electron chi connectivity index (χ1n) is 13.1. The molecule has 0 heterocycles. The molecular weight excluding hydrogens is 514 g/mol. The van der Waals surface area contributed by atoms with Gasteiger partial charge in [-0.2, -0.15) is 0 Å². The van der Waals surface area contributed by atoms with Crippen molar-refractivity contribution in [2.24, 2.45) is 11.8 Å². The second-order valence-electron chi connectivity index (χ2n) is 9.54. The summed E-state index contributed by atoms with van der Waals surface area (Å²) in [6, 6.07) is 6.25. The van der Waals surface area contributed by atoms with Crippen LogP contribution in [0.4, 0.5) is 5.69 Å². The van der Waals surface area contributed by atoms with E-state index in [1.54, 1.807) is 24.3 Å². The van der Waals surface area contributed by atoms with Crippen LogP contribution in [0.15, 0.2) is 24.3 Å². The van der Waals surface area contributed by atoms with E-state index >= 15 is 0 Å². The Morgan fingerprint density at radius 1 is 0.838 bits per heavy atom. The summed E-state index contributed by atoms with van der Waals surface area (Å²) in [5.41, 5.74) is 6.49. The van der Waals surface area contributed by atoms with E-state index < -0.39 is 42.3 Å². The van der Waals surface area contributed by atoms with Gasteiger partial charge in [-0.1, -0.05) is 90.9 Å². The first-order valence-corrected chi connectivity index (χ1v) is 15.1. The Labute approximate surface area is 227 Å². The third kappa shape index (κ3) is 19.7. The van der Waals surface area contributed by atoms with Gasteiger partial charge in [0.1, 0.15) is 5.92 Å². The fourth-order valence-corrected chi connectivity index (χ4v) is 3.89. The van der Waals surface area contributed by atoms with E-state index in [4.69, 9.17) is 16.4 Å². The molecule has 10 heteroatoms. The number of carbonyl (C=O) groups excluding carboxylic acids is 4. The summed E-state index contributed by atoms with van der Waals surface area (Å²) in [5.74, 6) is -2.97. The minimum absolute atomic E-state index is 0.0751. The number of hydrogen-bond acceptors (Lipinski definition) is 7. The molecule has 4 N–H and O–H groups in total. The van der Waals surface area contributed by atoms with E-state index in [1.807, 2.05) is 0 Å². The van der Waals surface area contributed by atoms with Crippen molar-refractivity contribution in [1.82, 2.24) is 0 Å². The zero-order valence-electron chi connectivity index (χ0n) is 22.2. The van der Waals surface area contributed by atoms with Crippen molar-refractivity contribution < 1.29 is 53.2 Å². The monoisotopic (exact) mass is 557 g/mol. The molecule has 1 atom stereocenters. The van der Waals surface area contributed by atoms with Gasteiger partial charge in [0.15, 0.2) is 5.78 Å². The molecule has 37 heavy (non-hydrogen) atoms. The average Bonchev–Trinajstić information content (AvgIpc) is 2.83. The van der Waals surface area contributed by atoms with Crippen LogP contribution >= 0.6 is 0 Å². The van der Waals surface area contributed by atoms with Crippen molar-refractivity contribution in [2.45, 2.75) is 97.3 Å². The van der Waals surface area contributed by atoms with Gasteiger partial charge in [0.05, 0.1) is 0 Å². The molecule has 1 unspecified atom stereocenters. The molecule has 9 nitrogen and oxygen atoms in total. The Morgan fingerprint density at radius 3 is 1.65 bits per heavy atom. The summed E-state index contributed by atoms with van der Waals surface area (Å²) in [4.78, 5) is 46.8. The van der Waals surface area contributed by atoms with Crippen LogP contribution in [0, 0.1) is 11.8 Å². The molecule has 0 saturated carbocycles. The molecule has 208 valence electrons. The van der Waals surface area contributed by atoms with Crippen molar-refractivity contribution in [3.63, 3.8) is 0 Å². The van der Waals surface area contributed by atoms with Gasteiger partial charge in [-0.05, 0) is 36.6 Å². The summed E-state index contributed by atoms with van der Waals surface area (Å²) >= 11 is -3.58. The van der Waals surface area contributed by atoms with Gasteiger partial charge >= 0.3 is 41.3 Å². The molecule has 0 aromatic heterocycles. The third-order valence-corrected chi connectivity index (χ3v) is 5.87. The van der Waals surface area contributed by atoms with Gasteiger partial charge in [-0.3, -0.25) is 14.4 Å². The fraction of sp³-hybridized carbons (Fsp3) is 0.630. The first kappa shape index (κ1) is 34.9. The number of Topliss-reactive ketones (excluding diaryl/α,β-unsaturated/α-hetero) is 1. The number of carbonyl (C=O) groups is 4. The maximum atomic E-state index is 12.8. The van der Waals surface area contributed by atoms with E-state index in [0.717, 1.165) is 25.2 Å². The summed E-state index contributed by atoms with van der Waals surface area (Å²) in [7, 11) is 0. The molecule has 1 rings (SSSR count). The Bertz CT molecular complexity index is 822. The second kappa shape index (κ2) is 22.0. The van der Waals surface area contributed by atoms with Crippen LogP contribution in [-0.2, 0) is 41.1 Å². The van der Waals surface area contributed by atoms with Gasteiger partial charge in [-0.15, -0.1) is 0 Å². The van der Waals surface area contributed by atoms with Crippen molar-refractivity contribution >= 4 is 29.7 Å². The van der Waals surface area contributed by atoms with E-state index in [1.165, 1.54) is 51.4 Å². The second-order valence-corrected chi connectivity index (χ2v) is 10.4. The molecule has 0 amide bonds. The molecule has 0 fully saturated rings. The molecule has 0 radical (unpaired) electrons. The molecule has 0 bridgehead atoms. The van der Waals surface area contributed by atoms with Crippen LogP contribution in [0.2, 0.25) is 0 Å². The fourth-order valence-electron chi connectivity index (χ4n) is 3.89. The predicted molar refractivity (Wildman–Crippen MR) is 136 cm³/mol. The van der Waals surface area contributed by atoms with Crippen LogP contribution in [0.1, 0.15) is 108 Å². The van der Waals surface area contributed by atoms with Crippen molar-refractivity contribution in [1.29, 1.82) is 0 Å². The number of esters is 2. The van der Waals surface area contributed by atoms with Crippen molar-refractivity contribution in [3.8, 4) is 0 Å². The molecule has 0 saturated heterocycles. The number of nitrogen functional groups attached to an aromatic ring is 1. The third-order valence-electron chi connectivity index (χ3n) is 5.87. The Balaban J connectivity index is 0.00000300. The van der Waals surface area contributed by atoms with E-state index in [0.29, 0.717) is 17.7 Å². The van der Waals surface area contributed by atoms with Gasteiger partial charge in [0.2, 0.25) is 6.29 Å². The quantitative estimate of drug-likeness (QED) is 0.0336. The topological polar surface area (TPSA) is 161 Å². The van der Waals surface area contributed by atoms with Gasteiger partial charge < -0.3 is 10.5 Å². The zero-order chi connectivity index (χ0) is 28.1. The molecular formula is C27H43NO8Ti. The zero-order valence-corrected chi connectivity index (χ0v) is 23.7. The number of ketones is 1. The Hall–Kier alpha value is -2.07. The molecule has 1 aromatic carbocycles. The average molecular weight is 558 g/mol. The number of hydrogen-bond donors (Lipinski definition) is 3. The van der Waals surface area contributed by atoms with E-state index in [-0.39, 0.29) is 12.7 Å². The minimum atomic E-state index is -3.58. The van der Waals surface area contributed by atoms with Gasteiger partial charge in [-0.25, -0.2) is 4.79 Å². The normalized spacial score (nSPS) is 11.3. The number of nitrogens with two attached hydrogens (primary N) is 1. The molecule has 0 aliphatic carbocycles. The molecule has 0 spiro atoms. The SMILES string of the molecule is CC(C)CCCCCCCCCCCCCC(C(=O)OC(=O)C=O)C(=O)c1ccc(N)cc1.[O]=[Ti]([OH])[OH]. The number of unbranched alkanes of at least 4 members (excludes halogenated alkanes) is 10. The summed E-state index contributed by atoms with van der Waals surface area (Å²) in [6.07, 6.45) is 14.4. The number of rotatable bonds is 18. The van der Waals surface area contributed by atoms with Crippen LogP contribution in [-0.4, -0.2) is 31.4 Å². The van der Waals surface area contributed by atoms with E-state index in [2.05, 4.69) is 18.6 Å². The summed E-state index contributed by atoms with van der Waals surface area (Å²) < 4.78 is 27.8. The van der Waals surface area contributed by atoms with Gasteiger partial charge in [0, 0.05) is 11.3 Å². The van der Waals surface area contributed by atoms with Crippen LogP contribution in [0.25, 0.3) is 0 Å². The van der Waals surface area contributed by atoms with Crippen LogP contribution in [0.3, 0.4) is 0 Å². The number of anilines is 1. The predicted octanol–water partition coefficient (Wildman–Crippen LogP) is 4.83. The maximum absolute atomic E-state index is 12.8.